The lowest BCUT2D eigenvalue weighted by molar-refractivity contribution is 0.231. The molecule has 2 atom stereocenters. The molecule has 1 aliphatic rings. The molecule has 1 aliphatic heterocycles. The molecule has 0 amide bonds. The first-order valence-electron chi connectivity index (χ1n) is 7.77. The maximum absolute atomic E-state index is 5.96. The zero-order valence-corrected chi connectivity index (χ0v) is 13.2. The minimum atomic E-state index is 0.174. The van der Waals surface area contributed by atoms with E-state index in [-0.39, 0.29) is 11.5 Å². The van der Waals surface area contributed by atoms with E-state index in [0.29, 0.717) is 5.92 Å². The molecule has 0 saturated heterocycles. The van der Waals surface area contributed by atoms with Crippen molar-refractivity contribution < 1.29 is 4.74 Å². The Hall–Kier alpha value is -1.31. The predicted molar refractivity (Wildman–Crippen MR) is 85.3 cm³/mol. The van der Waals surface area contributed by atoms with Gasteiger partial charge in [0.05, 0.1) is 12.0 Å². The van der Waals surface area contributed by atoms with Crippen molar-refractivity contribution in [3.8, 4) is 0 Å². The zero-order valence-electron chi connectivity index (χ0n) is 13.2. The summed E-state index contributed by atoms with van der Waals surface area (Å²) in [6.07, 6.45) is 3.54. The summed E-state index contributed by atoms with van der Waals surface area (Å²) < 4.78 is 5.96. The number of hydrogen-bond acceptors (Lipinski definition) is 2. The quantitative estimate of drug-likeness (QED) is 0.755. The third kappa shape index (κ3) is 3.62. The molecule has 2 heteroatoms. The van der Waals surface area contributed by atoms with Gasteiger partial charge in [-0.25, -0.2) is 4.99 Å². The van der Waals surface area contributed by atoms with E-state index in [2.05, 4.69) is 58.0 Å². The maximum atomic E-state index is 5.96. The lowest BCUT2D eigenvalue weighted by Gasteiger charge is -2.22. The van der Waals surface area contributed by atoms with Gasteiger partial charge in [0, 0.05) is 0 Å². The molecule has 0 bridgehead atoms. The van der Waals surface area contributed by atoms with E-state index in [1.54, 1.807) is 0 Å². The number of aliphatic imine (C=N–C) groups is 1. The van der Waals surface area contributed by atoms with E-state index in [1.165, 1.54) is 18.4 Å². The van der Waals surface area contributed by atoms with Crippen LogP contribution in [0, 0.1) is 5.41 Å². The topological polar surface area (TPSA) is 21.6 Å². The number of nitrogens with zero attached hydrogens (tertiary/aromatic N) is 1. The van der Waals surface area contributed by atoms with E-state index >= 15 is 0 Å². The first kappa shape index (κ1) is 15.1. The van der Waals surface area contributed by atoms with Crippen molar-refractivity contribution in [1.29, 1.82) is 0 Å². The number of unbranched alkanes of at least 4 members (excludes halogenated alkanes) is 1. The Labute approximate surface area is 123 Å². The molecule has 1 heterocycles. The Bertz CT molecular complexity index is 444. The summed E-state index contributed by atoms with van der Waals surface area (Å²) in [5.41, 5.74) is 1.50. The Balaban J connectivity index is 2.20. The Morgan fingerprint density at radius 1 is 1.25 bits per heavy atom. The fourth-order valence-electron chi connectivity index (χ4n) is 2.55. The predicted octanol–water partition coefficient (Wildman–Crippen LogP) is 4.80. The lowest BCUT2D eigenvalue weighted by atomic mass is 9.88. The van der Waals surface area contributed by atoms with Crippen LogP contribution in [0.1, 0.15) is 58.4 Å². The van der Waals surface area contributed by atoms with Crippen LogP contribution in [-0.4, -0.2) is 18.5 Å². The summed E-state index contributed by atoms with van der Waals surface area (Å²) in [5.74, 6) is 1.27. The average molecular weight is 273 g/mol. The van der Waals surface area contributed by atoms with Gasteiger partial charge in [-0.05, 0) is 17.4 Å². The number of ether oxygens (including phenoxy) is 1. The Morgan fingerprint density at radius 3 is 2.50 bits per heavy atom. The number of hydrogen-bond donors (Lipinski definition) is 0. The highest BCUT2D eigenvalue weighted by Crippen LogP contribution is 2.32. The van der Waals surface area contributed by atoms with Gasteiger partial charge >= 0.3 is 0 Å². The summed E-state index contributed by atoms with van der Waals surface area (Å²) in [4.78, 5) is 4.88. The molecule has 20 heavy (non-hydrogen) atoms. The van der Waals surface area contributed by atoms with Gasteiger partial charge in [0.1, 0.15) is 6.61 Å². The molecule has 1 unspecified atom stereocenters. The van der Waals surface area contributed by atoms with Gasteiger partial charge in [0.15, 0.2) is 5.90 Å². The minimum Gasteiger partial charge on any atom is -0.478 e. The highest BCUT2D eigenvalue weighted by atomic mass is 16.5. The van der Waals surface area contributed by atoms with Crippen LogP contribution in [0.25, 0.3) is 0 Å². The van der Waals surface area contributed by atoms with Crippen LogP contribution in [0.3, 0.4) is 0 Å². The van der Waals surface area contributed by atoms with Crippen LogP contribution in [-0.2, 0) is 4.74 Å². The van der Waals surface area contributed by atoms with Crippen LogP contribution in [0.15, 0.2) is 35.3 Å². The third-order valence-corrected chi connectivity index (χ3v) is 4.02. The molecule has 0 aromatic heterocycles. The van der Waals surface area contributed by atoms with Gasteiger partial charge in [-0.15, -0.1) is 0 Å². The number of rotatable bonds is 5. The fraction of sp³-hybridized carbons (Fsp3) is 0.611. The van der Waals surface area contributed by atoms with Crippen molar-refractivity contribution in [2.75, 3.05) is 6.61 Å². The summed E-state index contributed by atoms with van der Waals surface area (Å²) in [7, 11) is 0. The molecule has 0 radical (unpaired) electrons. The maximum Gasteiger partial charge on any atom is 0.191 e. The first-order chi connectivity index (χ1) is 9.52. The van der Waals surface area contributed by atoms with Crippen LogP contribution in [0.4, 0.5) is 0 Å². The molecular weight excluding hydrogens is 246 g/mol. The molecule has 1 aromatic carbocycles. The second-order valence-electron chi connectivity index (χ2n) is 6.77. The van der Waals surface area contributed by atoms with E-state index in [4.69, 9.17) is 9.73 Å². The molecule has 0 saturated carbocycles. The largest absolute Gasteiger partial charge is 0.478 e. The van der Waals surface area contributed by atoms with Gasteiger partial charge in [-0.2, -0.15) is 0 Å². The average Bonchev–Trinajstić information content (AvgIpc) is 2.90. The van der Waals surface area contributed by atoms with Crippen LogP contribution in [0.5, 0.6) is 0 Å². The molecule has 2 nitrogen and oxygen atoms in total. The van der Waals surface area contributed by atoms with Crippen molar-refractivity contribution >= 4 is 5.90 Å². The monoisotopic (exact) mass is 273 g/mol. The van der Waals surface area contributed by atoms with Gasteiger partial charge in [0.25, 0.3) is 0 Å². The second-order valence-corrected chi connectivity index (χ2v) is 6.77. The fourth-order valence-corrected chi connectivity index (χ4v) is 2.55. The molecule has 1 aromatic rings. The normalized spacial score (nSPS) is 20.4. The molecule has 0 fully saturated rings. The highest BCUT2D eigenvalue weighted by molar-refractivity contribution is 5.85. The summed E-state index contributed by atoms with van der Waals surface area (Å²) >= 11 is 0. The number of benzene rings is 1. The van der Waals surface area contributed by atoms with E-state index in [9.17, 15) is 0 Å². The van der Waals surface area contributed by atoms with Crippen molar-refractivity contribution in [3.63, 3.8) is 0 Å². The van der Waals surface area contributed by atoms with Gasteiger partial charge in [-0.3, -0.25) is 0 Å². The standard InChI is InChI=1S/C18H27NO/c1-5-6-12-15(14-10-8-7-9-11-14)17-19-16(13-20-17)18(2,3)4/h7-11,15-16H,5-6,12-13H2,1-4H3/t15?,16-/m1/s1. The van der Waals surface area contributed by atoms with Gasteiger partial charge < -0.3 is 4.74 Å². The van der Waals surface area contributed by atoms with Gasteiger partial charge in [0.2, 0.25) is 0 Å². The second kappa shape index (κ2) is 6.43. The lowest BCUT2D eigenvalue weighted by Crippen LogP contribution is -2.25. The summed E-state index contributed by atoms with van der Waals surface area (Å²) in [6, 6.07) is 10.9. The van der Waals surface area contributed by atoms with E-state index < -0.39 is 0 Å². The van der Waals surface area contributed by atoms with Crippen molar-refractivity contribution in [1.82, 2.24) is 0 Å². The smallest absolute Gasteiger partial charge is 0.191 e. The Morgan fingerprint density at radius 2 is 1.95 bits per heavy atom. The van der Waals surface area contributed by atoms with Crippen molar-refractivity contribution in [2.24, 2.45) is 10.4 Å². The molecule has 0 aliphatic carbocycles. The SMILES string of the molecule is CCCCC(C1=N[C@@H](C(C)(C)C)CO1)c1ccccc1. The van der Waals surface area contributed by atoms with Crippen molar-refractivity contribution in [2.45, 2.75) is 58.9 Å². The van der Waals surface area contributed by atoms with Crippen LogP contribution >= 0.6 is 0 Å². The van der Waals surface area contributed by atoms with Crippen LogP contribution < -0.4 is 0 Å². The molecule has 0 spiro atoms. The third-order valence-electron chi connectivity index (χ3n) is 4.02. The molecular formula is C18H27NO. The molecule has 110 valence electrons. The summed E-state index contributed by atoms with van der Waals surface area (Å²) in [5, 5.41) is 0. The molecule has 0 N–H and O–H groups in total. The zero-order chi connectivity index (χ0) is 14.6. The van der Waals surface area contributed by atoms with Gasteiger partial charge in [-0.1, -0.05) is 70.9 Å². The first-order valence-corrected chi connectivity index (χ1v) is 7.77. The molecule has 2 rings (SSSR count). The van der Waals surface area contributed by atoms with Crippen molar-refractivity contribution in [3.05, 3.63) is 35.9 Å². The minimum absolute atomic E-state index is 0.174. The van der Waals surface area contributed by atoms with E-state index in [0.717, 1.165) is 18.9 Å². The highest BCUT2D eigenvalue weighted by Gasteiger charge is 2.33. The summed E-state index contributed by atoms with van der Waals surface area (Å²) in [6.45, 7) is 9.66. The van der Waals surface area contributed by atoms with E-state index in [1.807, 2.05) is 0 Å². The Kier molecular flexibility index (Phi) is 4.85. The van der Waals surface area contributed by atoms with Crippen LogP contribution in [0.2, 0.25) is 0 Å².